The molecule has 0 radical (unpaired) electrons. The number of ether oxygens (including phenoxy) is 1. The zero-order valence-electron chi connectivity index (χ0n) is 16.4. The van der Waals surface area contributed by atoms with Gasteiger partial charge in [0.05, 0.1) is 12.1 Å². The fourth-order valence-electron chi connectivity index (χ4n) is 3.56. The Kier molecular flexibility index (Phi) is 8.42. The van der Waals surface area contributed by atoms with Crippen molar-refractivity contribution in [1.29, 1.82) is 0 Å². The van der Waals surface area contributed by atoms with Crippen molar-refractivity contribution in [2.45, 2.75) is 70.3 Å². The van der Waals surface area contributed by atoms with Gasteiger partial charge in [0.25, 0.3) is 0 Å². The van der Waals surface area contributed by atoms with Gasteiger partial charge in [-0.15, -0.1) is 0 Å². The highest BCUT2D eigenvalue weighted by molar-refractivity contribution is 6.32. The van der Waals surface area contributed by atoms with Crippen molar-refractivity contribution in [3.05, 3.63) is 28.8 Å². The van der Waals surface area contributed by atoms with Gasteiger partial charge in [0.1, 0.15) is 11.3 Å². The summed E-state index contributed by atoms with van der Waals surface area (Å²) in [5.41, 5.74) is 0.224. The molecule has 1 aliphatic rings. The summed E-state index contributed by atoms with van der Waals surface area (Å²) in [6, 6.07) is 5.53. The van der Waals surface area contributed by atoms with E-state index in [1.165, 1.54) is 0 Å². The van der Waals surface area contributed by atoms with Crippen LogP contribution in [0.3, 0.4) is 0 Å². The van der Waals surface area contributed by atoms with Crippen LogP contribution < -0.4 is 15.4 Å². The molecule has 1 aromatic carbocycles. The van der Waals surface area contributed by atoms with Crippen molar-refractivity contribution in [2.75, 3.05) is 13.7 Å². The number of halogens is 1. The first kappa shape index (κ1) is 21.5. The van der Waals surface area contributed by atoms with Crippen LogP contribution in [0.5, 0.6) is 5.75 Å². The molecule has 150 valence electrons. The Morgan fingerprint density at radius 2 is 1.96 bits per heavy atom. The highest BCUT2D eigenvalue weighted by atomic mass is 35.5. The third-order valence-electron chi connectivity index (χ3n) is 5.19. The van der Waals surface area contributed by atoms with Crippen molar-refractivity contribution < 1.29 is 14.3 Å². The maximum atomic E-state index is 12.8. The van der Waals surface area contributed by atoms with Crippen LogP contribution in [0, 0.1) is 0 Å². The molecule has 0 unspecified atom stereocenters. The molecule has 0 spiro atoms. The molecule has 1 fully saturated rings. The van der Waals surface area contributed by atoms with Crippen LogP contribution in [0.2, 0.25) is 5.02 Å². The zero-order chi connectivity index (χ0) is 19.7. The number of nitrogens with one attached hydrogen (secondary N) is 2. The number of unbranched alkanes of at least 4 members (excludes halogenated alkanes) is 1. The Hall–Kier alpha value is -1.75. The largest absolute Gasteiger partial charge is 0.495 e. The van der Waals surface area contributed by atoms with Gasteiger partial charge in [0.2, 0.25) is 11.8 Å². The van der Waals surface area contributed by atoms with Crippen LogP contribution in [-0.2, 0) is 16.0 Å². The van der Waals surface area contributed by atoms with Gasteiger partial charge in [-0.25, -0.2) is 0 Å². The molecule has 0 aliphatic heterocycles. The molecule has 0 saturated heterocycles. The summed E-state index contributed by atoms with van der Waals surface area (Å²) < 4.78 is 5.15. The lowest BCUT2D eigenvalue weighted by molar-refractivity contribution is -0.135. The second-order valence-corrected chi connectivity index (χ2v) is 7.68. The van der Waals surface area contributed by atoms with Gasteiger partial charge in [-0.05, 0) is 43.4 Å². The summed E-state index contributed by atoms with van der Waals surface area (Å²) in [7, 11) is 1.57. The second kappa shape index (κ2) is 10.5. The molecule has 0 bridgehead atoms. The number of benzene rings is 1. The zero-order valence-corrected chi connectivity index (χ0v) is 17.2. The predicted molar refractivity (Wildman–Crippen MR) is 108 cm³/mol. The topological polar surface area (TPSA) is 67.4 Å². The van der Waals surface area contributed by atoms with E-state index in [2.05, 4.69) is 17.6 Å². The van der Waals surface area contributed by atoms with Gasteiger partial charge in [-0.3, -0.25) is 9.59 Å². The number of rotatable bonds is 9. The van der Waals surface area contributed by atoms with Gasteiger partial charge in [-0.2, -0.15) is 0 Å². The Morgan fingerprint density at radius 3 is 2.59 bits per heavy atom. The minimum Gasteiger partial charge on any atom is -0.495 e. The number of methoxy groups -OCH3 is 1. The first-order valence-electron chi connectivity index (χ1n) is 9.92. The molecule has 6 heteroatoms. The van der Waals surface area contributed by atoms with E-state index in [9.17, 15) is 9.59 Å². The Bertz CT molecular complexity index is 642. The molecule has 27 heavy (non-hydrogen) atoms. The fourth-order valence-corrected chi connectivity index (χ4v) is 3.84. The van der Waals surface area contributed by atoms with E-state index >= 15 is 0 Å². The SMILES string of the molecule is CCCCNC(=O)C1(NC(=O)CCc2ccc(OC)c(Cl)c2)CCCCC1. The summed E-state index contributed by atoms with van der Waals surface area (Å²) in [4.78, 5) is 25.3. The minimum absolute atomic E-state index is 0.0310. The monoisotopic (exact) mass is 394 g/mol. The van der Waals surface area contributed by atoms with Gasteiger partial charge >= 0.3 is 0 Å². The predicted octanol–water partition coefficient (Wildman–Crippen LogP) is 4.02. The van der Waals surface area contributed by atoms with E-state index in [1.807, 2.05) is 12.1 Å². The fraction of sp³-hybridized carbons (Fsp3) is 0.619. The highest BCUT2D eigenvalue weighted by Crippen LogP contribution is 2.29. The van der Waals surface area contributed by atoms with Gasteiger partial charge in [-0.1, -0.05) is 50.3 Å². The summed E-state index contributed by atoms with van der Waals surface area (Å²) in [5, 5.41) is 6.60. The molecule has 1 saturated carbocycles. The highest BCUT2D eigenvalue weighted by Gasteiger charge is 2.40. The third kappa shape index (κ3) is 6.13. The second-order valence-electron chi connectivity index (χ2n) is 7.27. The molecular weight excluding hydrogens is 364 g/mol. The molecule has 2 rings (SSSR count). The minimum atomic E-state index is -0.749. The summed E-state index contributed by atoms with van der Waals surface area (Å²) in [6.45, 7) is 2.76. The lowest BCUT2D eigenvalue weighted by atomic mass is 9.80. The Morgan fingerprint density at radius 1 is 1.22 bits per heavy atom. The first-order chi connectivity index (χ1) is 13.0. The van der Waals surface area contributed by atoms with Gasteiger partial charge in [0, 0.05) is 13.0 Å². The van der Waals surface area contributed by atoms with E-state index in [1.54, 1.807) is 13.2 Å². The number of carbonyl (C=O) groups is 2. The smallest absolute Gasteiger partial charge is 0.245 e. The Balaban J connectivity index is 1.95. The van der Waals surface area contributed by atoms with Crippen LogP contribution in [0.1, 0.15) is 63.9 Å². The van der Waals surface area contributed by atoms with Gasteiger partial charge < -0.3 is 15.4 Å². The average molecular weight is 395 g/mol. The summed E-state index contributed by atoms with van der Waals surface area (Å²) >= 11 is 6.15. The van der Waals surface area contributed by atoms with Crippen LogP contribution >= 0.6 is 11.6 Å². The molecule has 2 amide bonds. The van der Waals surface area contributed by atoms with Crippen LogP contribution in [0.25, 0.3) is 0 Å². The molecule has 2 N–H and O–H groups in total. The van der Waals surface area contributed by atoms with Crippen molar-refractivity contribution in [2.24, 2.45) is 0 Å². The van der Waals surface area contributed by atoms with Crippen molar-refractivity contribution in [3.63, 3.8) is 0 Å². The Labute approximate surface area is 167 Å². The van der Waals surface area contributed by atoms with Gasteiger partial charge in [0.15, 0.2) is 0 Å². The number of amides is 2. The van der Waals surface area contributed by atoms with Crippen molar-refractivity contribution >= 4 is 23.4 Å². The van der Waals surface area contributed by atoms with Crippen LogP contribution in [0.4, 0.5) is 0 Å². The van der Waals surface area contributed by atoms with E-state index in [0.29, 0.717) is 43.0 Å². The van der Waals surface area contributed by atoms with E-state index in [-0.39, 0.29) is 11.8 Å². The molecule has 1 aliphatic carbocycles. The van der Waals surface area contributed by atoms with E-state index < -0.39 is 5.54 Å². The third-order valence-corrected chi connectivity index (χ3v) is 5.49. The number of aryl methyl sites for hydroxylation is 1. The van der Waals surface area contributed by atoms with Crippen LogP contribution in [-0.4, -0.2) is 31.0 Å². The van der Waals surface area contributed by atoms with E-state index in [4.69, 9.17) is 16.3 Å². The molecule has 0 aromatic heterocycles. The molecule has 0 atom stereocenters. The number of carbonyl (C=O) groups excluding carboxylic acids is 2. The maximum absolute atomic E-state index is 12.8. The summed E-state index contributed by atoms with van der Waals surface area (Å²) in [5.74, 6) is 0.501. The molecule has 0 heterocycles. The number of hydrogen-bond donors (Lipinski definition) is 2. The van der Waals surface area contributed by atoms with Crippen molar-refractivity contribution in [1.82, 2.24) is 10.6 Å². The molecule has 1 aromatic rings. The van der Waals surface area contributed by atoms with Crippen molar-refractivity contribution in [3.8, 4) is 5.75 Å². The number of hydrogen-bond acceptors (Lipinski definition) is 3. The molecule has 5 nitrogen and oxygen atoms in total. The molecular formula is C21H31ClN2O3. The maximum Gasteiger partial charge on any atom is 0.245 e. The summed E-state index contributed by atoms with van der Waals surface area (Å²) in [6.07, 6.45) is 7.36. The normalized spacial score (nSPS) is 15.8. The lowest BCUT2D eigenvalue weighted by Crippen LogP contribution is -2.59. The quantitative estimate of drug-likeness (QED) is 0.621. The standard InChI is InChI=1S/C21H31ClN2O3/c1-3-4-14-23-20(26)21(12-6-5-7-13-21)24-19(25)11-9-16-8-10-18(27-2)17(22)15-16/h8,10,15H,3-7,9,11-14H2,1-2H3,(H,23,26)(H,24,25). The average Bonchev–Trinajstić information content (AvgIpc) is 2.67. The van der Waals surface area contributed by atoms with Crippen LogP contribution in [0.15, 0.2) is 18.2 Å². The lowest BCUT2D eigenvalue weighted by Gasteiger charge is -2.36. The first-order valence-corrected chi connectivity index (χ1v) is 10.3. The van der Waals surface area contributed by atoms with E-state index in [0.717, 1.165) is 37.7 Å².